The van der Waals surface area contributed by atoms with Crippen molar-refractivity contribution in [1.82, 2.24) is 4.90 Å². The third-order valence-electron chi connectivity index (χ3n) is 7.02. The Morgan fingerprint density at radius 1 is 0.923 bits per heavy atom. The van der Waals surface area contributed by atoms with Crippen molar-refractivity contribution in [3.63, 3.8) is 0 Å². The topological polar surface area (TPSA) is 41.6 Å². The molecule has 1 N–H and O–H groups in total. The lowest BCUT2D eigenvalue weighted by Gasteiger charge is -2.19. The largest absolute Gasteiger partial charge is 0.491 e. The second kappa shape index (κ2) is 19.1. The number of hydrogen-bond acceptors (Lipinski definition) is 4. The van der Waals surface area contributed by atoms with E-state index in [0.29, 0.717) is 12.3 Å². The molecule has 0 bridgehead atoms. The molecule has 0 saturated carbocycles. The molecule has 0 radical (unpaired) electrons. The highest BCUT2D eigenvalue weighted by atomic mass is 79.9. The van der Waals surface area contributed by atoms with Crippen molar-refractivity contribution in [3.05, 3.63) is 70.5 Å². The summed E-state index contributed by atoms with van der Waals surface area (Å²) in [5.41, 5.74) is 3.42. The summed E-state index contributed by atoms with van der Waals surface area (Å²) >= 11 is 1.80. The fourth-order valence-corrected chi connectivity index (χ4v) is 5.54. The molecule has 1 amide bonds. The van der Waals surface area contributed by atoms with Gasteiger partial charge >= 0.3 is 0 Å². The Balaban J connectivity index is 0.00000533. The van der Waals surface area contributed by atoms with Crippen LogP contribution < -0.4 is 10.1 Å². The van der Waals surface area contributed by atoms with Gasteiger partial charge in [0, 0.05) is 23.5 Å². The van der Waals surface area contributed by atoms with Gasteiger partial charge in [0.05, 0.1) is 12.5 Å². The highest BCUT2D eigenvalue weighted by Gasteiger charge is 2.13. The molecule has 1 aliphatic heterocycles. The molecule has 0 saturated heterocycles. The van der Waals surface area contributed by atoms with E-state index in [0.717, 1.165) is 25.3 Å². The minimum absolute atomic E-state index is 0. The van der Waals surface area contributed by atoms with E-state index >= 15 is 0 Å². The number of anilines is 1. The van der Waals surface area contributed by atoms with Gasteiger partial charge in [-0.25, -0.2) is 4.39 Å². The van der Waals surface area contributed by atoms with Gasteiger partial charge in [-0.15, -0.1) is 28.7 Å². The number of ether oxygens (including phenoxy) is 1. The number of carbonyl (C=O) groups is 1. The molecular formula is C32H46BrFN2O2S. The SMILES string of the molecule is Br.CCCCCCCCCCCCCCOc1ccc(C(=O)Nc2ccc(CN3CSC=C3C)cc2)cc1F. The van der Waals surface area contributed by atoms with E-state index < -0.39 is 5.82 Å². The average molecular weight is 622 g/mol. The lowest BCUT2D eigenvalue weighted by atomic mass is 10.1. The van der Waals surface area contributed by atoms with Crippen LogP contribution in [0.1, 0.15) is 107 Å². The molecule has 0 fully saturated rings. The van der Waals surface area contributed by atoms with Crippen molar-refractivity contribution in [2.24, 2.45) is 0 Å². The quantitative estimate of drug-likeness (QED) is 0.168. The van der Waals surface area contributed by atoms with Crippen LogP contribution >= 0.6 is 28.7 Å². The van der Waals surface area contributed by atoms with Crippen molar-refractivity contribution in [2.45, 2.75) is 97.4 Å². The van der Waals surface area contributed by atoms with E-state index in [1.54, 1.807) is 23.9 Å². The number of nitrogens with one attached hydrogen (secondary N) is 1. The van der Waals surface area contributed by atoms with E-state index in [-0.39, 0.29) is 34.2 Å². The van der Waals surface area contributed by atoms with Crippen molar-refractivity contribution in [2.75, 3.05) is 17.8 Å². The molecule has 216 valence electrons. The van der Waals surface area contributed by atoms with E-state index in [1.165, 1.54) is 81.5 Å². The zero-order valence-electron chi connectivity index (χ0n) is 23.7. The van der Waals surface area contributed by atoms with E-state index in [4.69, 9.17) is 4.74 Å². The maximum absolute atomic E-state index is 14.6. The molecule has 1 aliphatic rings. The third kappa shape index (κ3) is 12.4. The molecule has 1 heterocycles. The normalized spacial score (nSPS) is 12.7. The first-order chi connectivity index (χ1) is 18.6. The fraction of sp³-hybridized carbons (Fsp3) is 0.531. The number of unbranched alkanes of at least 4 members (excludes halogenated alkanes) is 11. The first kappa shape index (κ1) is 33.2. The number of carbonyl (C=O) groups excluding carboxylic acids is 1. The predicted octanol–water partition coefficient (Wildman–Crippen LogP) is 10.1. The predicted molar refractivity (Wildman–Crippen MR) is 169 cm³/mol. The molecule has 0 atom stereocenters. The van der Waals surface area contributed by atoms with Crippen LogP contribution in [-0.2, 0) is 6.54 Å². The molecule has 3 rings (SSSR count). The van der Waals surface area contributed by atoms with Crippen LogP contribution in [0.4, 0.5) is 10.1 Å². The number of halogens is 2. The van der Waals surface area contributed by atoms with Crippen LogP contribution in [0.3, 0.4) is 0 Å². The van der Waals surface area contributed by atoms with Crippen LogP contribution in [0.15, 0.2) is 53.6 Å². The van der Waals surface area contributed by atoms with Crippen LogP contribution in [0, 0.1) is 5.82 Å². The number of nitrogens with zero attached hydrogens (tertiary/aromatic N) is 1. The Morgan fingerprint density at radius 2 is 1.54 bits per heavy atom. The van der Waals surface area contributed by atoms with E-state index in [1.807, 2.05) is 24.3 Å². The van der Waals surface area contributed by atoms with Gasteiger partial charge in [0.2, 0.25) is 0 Å². The van der Waals surface area contributed by atoms with Gasteiger partial charge in [-0.05, 0) is 54.6 Å². The van der Waals surface area contributed by atoms with Crippen LogP contribution in [0.2, 0.25) is 0 Å². The first-order valence-electron chi connectivity index (χ1n) is 14.4. The van der Waals surface area contributed by atoms with Gasteiger partial charge in [0.25, 0.3) is 5.91 Å². The maximum atomic E-state index is 14.6. The van der Waals surface area contributed by atoms with Gasteiger partial charge < -0.3 is 15.0 Å². The molecule has 2 aromatic carbocycles. The Morgan fingerprint density at radius 3 is 2.10 bits per heavy atom. The second-order valence-corrected chi connectivity index (χ2v) is 11.1. The molecule has 4 nitrogen and oxygen atoms in total. The average Bonchev–Trinajstić information content (AvgIpc) is 3.32. The van der Waals surface area contributed by atoms with Crippen molar-refractivity contribution < 1.29 is 13.9 Å². The number of rotatable bonds is 18. The Hall–Kier alpha value is -1.99. The molecule has 0 aromatic heterocycles. The Labute approximate surface area is 249 Å². The van der Waals surface area contributed by atoms with Crippen molar-refractivity contribution in [1.29, 1.82) is 0 Å². The molecule has 0 aliphatic carbocycles. The molecule has 0 spiro atoms. The van der Waals surface area contributed by atoms with Crippen LogP contribution in [-0.4, -0.2) is 23.3 Å². The van der Waals surface area contributed by atoms with Gasteiger partial charge in [-0.1, -0.05) is 89.7 Å². The second-order valence-electron chi connectivity index (χ2n) is 10.3. The fourth-order valence-electron chi connectivity index (χ4n) is 4.60. The monoisotopic (exact) mass is 620 g/mol. The van der Waals surface area contributed by atoms with Gasteiger partial charge in [-0.3, -0.25) is 4.79 Å². The number of benzene rings is 2. The summed E-state index contributed by atoms with van der Waals surface area (Å²) in [6, 6.07) is 12.2. The smallest absolute Gasteiger partial charge is 0.255 e. The van der Waals surface area contributed by atoms with Crippen LogP contribution in [0.5, 0.6) is 5.75 Å². The summed E-state index contributed by atoms with van der Waals surface area (Å²) in [6.45, 7) is 5.71. The number of hydrogen-bond donors (Lipinski definition) is 1. The van der Waals surface area contributed by atoms with Gasteiger partial charge in [-0.2, -0.15) is 0 Å². The molecule has 39 heavy (non-hydrogen) atoms. The first-order valence-corrected chi connectivity index (χ1v) is 15.5. The lowest BCUT2D eigenvalue weighted by Crippen LogP contribution is -2.17. The summed E-state index contributed by atoms with van der Waals surface area (Å²) in [7, 11) is 0. The standard InChI is InChI=1S/C32H45FN2O2S.BrH/c1-3-4-5-6-7-8-9-10-11-12-13-14-21-37-31-20-17-28(22-30(31)33)32(36)34-29-18-15-27(16-19-29)23-35-25-38-24-26(35)2;/h15-20,22,24H,3-14,21,23,25H2,1-2H3,(H,34,36);1H. The third-order valence-corrected chi connectivity index (χ3v) is 7.99. The zero-order valence-corrected chi connectivity index (χ0v) is 26.2. The minimum Gasteiger partial charge on any atom is -0.491 e. The van der Waals surface area contributed by atoms with E-state index in [9.17, 15) is 9.18 Å². The molecule has 2 aromatic rings. The zero-order chi connectivity index (χ0) is 27.0. The van der Waals surface area contributed by atoms with Crippen LogP contribution in [0.25, 0.3) is 0 Å². The highest BCUT2D eigenvalue weighted by molar-refractivity contribution is 8.93. The molecular weight excluding hydrogens is 575 g/mol. The minimum atomic E-state index is -0.501. The summed E-state index contributed by atoms with van der Waals surface area (Å²) < 4.78 is 20.2. The maximum Gasteiger partial charge on any atom is 0.255 e. The van der Waals surface area contributed by atoms with Crippen molar-refractivity contribution in [3.8, 4) is 5.75 Å². The Kier molecular flexibility index (Phi) is 16.3. The van der Waals surface area contributed by atoms with Gasteiger partial charge in [0.15, 0.2) is 11.6 Å². The van der Waals surface area contributed by atoms with Gasteiger partial charge in [0.1, 0.15) is 0 Å². The number of thioether (sulfide) groups is 1. The summed E-state index contributed by atoms with van der Waals surface area (Å²) in [4.78, 5) is 14.9. The summed E-state index contributed by atoms with van der Waals surface area (Å²) in [5.74, 6) is 0.339. The van der Waals surface area contributed by atoms with Crippen molar-refractivity contribution >= 4 is 40.3 Å². The molecule has 7 heteroatoms. The molecule has 0 unspecified atom stereocenters. The lowest BCUT2D eigenvalue weighted by molar-refractivity contribution is 0.102. The number of amides is 1. The highest BCUT2D eigenvalue weighted by Crippen LogP contribution is 2.25. The summed E-state index contributed by atoms with van der Waals surface area (Å²) in [6.07, 6.45) is 15.3. The number of allylic oxidation sites excluding steroid dienone is 1. The summed E-state index contributed by atoms with van der Waals surface area (Å²) in [5, 5.41) is 5.02. The Bertz CT molecular complexity index is 1020. The van der Waals surface area contributed by atoms with E-state index in [2.05, 4.69) is 29.5 Å².